The number of hydrogen-bond acceptors (Lipinski definition) is 6. The lowest BCUT2D eigenvalue weighted by Gasteiger charge is -2.40. The highest BCUT2D eigenvalue weighted by Gasteiger charge is 2.34. The van der Waals surface area contributed by atoms with Gasteiger partial charge in [-0.2, -0.15) is 0 Å². The molecule has 0 aliphatic carbocycles. The fourth-order valence-electron chi connectivity index (χ4n) is 3.73. The number of halogens is 1. The standard InChI is InChI=1S/C21H29FN2O5/c1-13-9-24(10-14(2)29-13)18-16(20-27-11-21(3,4)12-28-20)7-15(8-17(18)22)19(26)23-5-6-25/h6-8,13-14,20H,5,9-12H2,1-4H3,(H,23,26)/t13-,14?/m1/s1. The second-order valence-electron chi connectivity index (χ2n) is 8.55. The van der Waals surface area contributed by atoms with Gasteiger partial charge in [0.15, 0.2) is 6.29 Å². The van der Waals surface area contributed by atoms with Crippen LogP contribution in [0.4, 0.5) is 10.1 Å². The Labute approximate surface area is 170 Å². The molecule has 1 aromatic rings. The van der Waals surface area contributed by atoms with E-state index in [1.807, 2.05) is 32.6 Å². The summed E-state index contributed by atoms with van der Waals surface area (Å²) in [5.41, 5.74) is 0.812. The lowest BCUT2D eigenvalue weighted by atomic mass is 9.95. The van der Waals surface area contributed by atoms with Crippen LogP contribution in [0.5, 0.6) is 0 Å². The molecule has 2 heterocycles. The zero-order valence-electron chi connectivity index (χ0n) is 17.4. The number of hydrogen-bond donors (Lipinski definition) is 1. The van der Waals surface area contributed by atoms with Crippen LogP contribution in [0.3, 0.4) is 0 Å². The number of benzene rings is 1. The maximum Gasteiger partial charge on any atom is 0.251 e. The van der Waals surface area contributed by atoms with Gasteiger partial charge in [0.25, 0.3) is 5.91 Å². The van der Waals surface area contributed by atoms with Crippen LogP contribution in [0.25, 0.3) is 0 Å². The Balaban J connectivity index is 1.99. The van der Waals surface area contributed by atoms with Crippen LogP contribution in [0.1, 0.15) is 49.9 Å². The number of nitrogens with one attached hydrogen (secondary N) is 1. The van der Waals surface area contributed by atoms with Crippen molar-refractivity contribution in [1.82, 2.24) is 5.32 Å². The number of aldehydes is 1. The summed E-state index contributed by atoms with van der Waals surface area (Å²) in [6.45, 7) is 9.74. The van der Waals surface area contributed by atoms with Crippen molar-refractivity contribution in [3.05, 3.63) is 29.1 Å². The third kappa shape index (κ3) is 5.12. The second kappa shape index (κ2) is 8.77. The Kier molecular flexibility index (Phi) is 6.55. The number of morpholine rings is 1. The summed E-state index contributed by atoms with van der Waals surface area (Å²) in [6, 6.07) is 2.78. The van der Waals surface area contributed by atoms with Gasteiger partial charge in [-0.05, 0) is 26.0 Å². The van der Waals surface area contributed by atoms with Crippen molar-refractivity contribution in [3.8, 4) is 0 Å². The minimum absolute atomic E-state index is 0.0614. The predicted molar refractivity (Wildman–Crippen MR) is 105 cm³/mol. The first-order chi connectivity index (χ1) is 13.7. The fraction of sp³-hybridized carbons (Fsp3) is 0.619. The van der Waals surface area contributed by atoms with E-state index in [-0.39, 0.29) is 29.7 Å². The first-order valence-electron chi connectivity index (χ1n) is 9.89. The van der Waals surface area contributed by atoms with Gasteiger partial charge in [0.05, 0.1) is 37.7 Å². The van der Waals surface area contributed by atoms with E-state index in [9.17, 15) is 9.59 Å². The molecule has 1 unspecified atom stereocenters. The molecule has 2 fully saturated rings. The van der Waals surface area contributed by atoms with Crippen molar-refractivity contribution in [2.24, 2.45) is 5.41 Å². The van der Waals surface area contributed by atoms with E-state index in [1.165, 1.54) is 6.07 Å². The van der Waals surface area contributed by atoms with Crippen LogP contribution in [-0.4, -0.2) is 57.2 Å². The molecule has 2 saturated heterocycles. The van der Waals surface area contributed by atoms with Gasteiger partial charge in [-0.1, -0.05) is 13.8 Å². The Morgan fingerprint density at radius 1 is 1.24 bits per heavy atom. The van der Waals surface area contributed by atoms with Crippen LogP contribution >= 0.6 is 0 Å². The lowest BCUT2D eigenvalue weighted by molar-refractivity contribution is -0.226. The van der Waals surface area contributed by atoms with E-state index in [2.05, 4.69) is 5.32 Å². The van der Waals surface area contributed by atoms with Crippen molar-refractivity contribution < 1.29 is 28.2 Å². The van der Waals surface area contributed by atoms with Gasteiger partial charge in [0.1, 0.15) is 12.1 Å². The number of nitrogens with zero attached hydrogens (tertiary/aromatic N) is 1. The number of rotatable bonds is 5. The van der Waals surface area contributed by atoms with Gasteiger partial charge in [-0.15, -0.1) is 0 Å². The third-order valence-electron chi connectivity index (χ3n) is 4.94. The number of carbonyl (C=O) groups excluding carboxylic acids is 2. The highest BCUT2D eigenvalue weighted by atomic mass is 19.1. The molecule has 0 spiro atoms. The highest BCUT2D eigenvalue weighted by Crippen LogP contribution is 2.38. The monoisotopic (exact) mass is 408 g/mol. The van der Waals surface area contributed by atoms with E-state index >= 15 is 4.39 Å². The van der Waals surface area contributed by atoms with Crippen molar-refractivity contribution in [2.45, 2.75) is 46.2 Å². The normalized spacial score (nSPS) is 24.9. The van der Waals surface area contributed by atoms with Crippen LogP contribution in [0.15, 0.2) is 12.1 Å². The summed E-state index contributed by atoms with van der Waals surface area (Å²) < 4.78 is 32.9. The molecule has 0 radical (unpaired) electrons. The molecule has 0 bridgehead atoms. The van der Waals surface area contributed by atoms with Gasteiger partial charge >= 0.3 is 0 Å². The van der Waals surface area contributed by atoms with Crippen LogP contribution in [0, 0.1) is 11.2 Å². The maximum atomic E-state index is 15.3. The van der Waals surface area contributed by atoms with E-state index in [4.69, 9.17) is 14.2 Å². The topological polar surface area (TPSA) is 77.1 Å². The van der Waals surface area contributed by atoms with E-state index < -0.39 is 18.0 Å². The molecule has 29 heavy (non-hydrogen) atoms. The van der Waals surface area contributed by atoms with Crippen LogP contribution in [0.2, 0.25) is 0 Å². The molecule has 160 valence electrons. The van der Waals surface area contributed by atoms with Gasteiger partial charge in [0, 0.05) is 29.6 Å². The van der Waals surface area contributed by atoms with Crippen LogP contribution < -0.4 is 10.2 Å². The zero-order chi connectivity index (χ0) is 21.2. The average Bonchev–Trinajstić information content (AvgIpc) is 2.64. The first-order valence-corrected chi connectivity index (χ1v) is 9.89. The molecular weight excluding hydrogens is 379 g/mol. The molecule has 1 N–H and O–H groups in total. The molecule has 7 nitrogen and oxygen atoms in total. The molecule has 1 aromatic carbocycles. The molecule has 2 aliphatic heterocycles. The Morgan fingerprint density at radius 2 is 1.86 bits per heavy atom. The van der Waals surface area contributed by atoms with E-state index in [0.717, 1.165) is 0 Å². The third-order valence-corrected chi connectivity index (χ3v) is 4.94. The van der Waals surface area contributed by atoms with E-state index in [0.29, 0.717) is 43.8 Å². The van der Waals surface area contributed by atoms with Crippen LogP contribution in [-0.2, 0) is 19.0 Å². The molecular formula is C21H29FN2O5. The minimum atomic E-state index is -0.778. The van der Waals surface area contributed by atoms with Gasteiger partial charge in [0.2, 0.25) is 0 Å². The van der Waals surface area contributed by atoms with Crippen molar-refractivity contribution >= 4 is 17.9 Å². The SMILES string of the molecule is CC1CN(c2c(F)cc(C(=O)NCC=O)cc2C2OCC(C)(C)CO2)C[C@@H](C)O1. The summed E-state index contributed by atoms with van der Waals surface area (Å²) in [7, 11) is 0. The molecule has 0 aromatic heterocycles. The van der Waals surface area contributed by atoms with Crippen molar-refractivity contribution in [2.75, 3.05) is 37.7 Å². The Morgan fingerprint density at radius 3 is 2.45 bits per heavy atom. The van der Waals surface area contributed by atoms with Crippen molar-refractivity contribution in [1.29, 1.82) is 0 Å². The minimum Gasteiger partial charge on any atom is -0.372 e. The quantitative estimate of drug-likeness (QED) is 0.754. The lowest BCUT2D eigenvalue weighted by Crippen LogP contribution is -2.46. The Bertz CT molecular complexity index is 750. The summed E-state index contributed by atoms with van der Waals surface area (Å²) in [4.78, 5) is 24.8. The molecule has 0 saturated carbocycles. The van der Waals surface area contributed by atoms with E-state index in [1.54, 1.807) is 6.07 Å². The maximum absolute atomic E-state index is 15.3. The first kappa shape index (κ1) is 21.7. The smallest absolute Gasteiger partial charge is 0.251 e. The molecule has 3 rings (SSSR count). The van der Waals surface area contributed by atoms with Gasteiger partial charge in [-0.3, -0.25) is 4.79 Å². The number of anilines is 1. The molecule has 8 heteroatoms. The van der Waals surface area contributed by atoms with Crippen molar-refractivity contribution in [3.63, 3.8) is 0 Å². The number of amides is 1. The molecule has 2 atom stereocenters. The largest absolute Gasteiger partial charge is 0.372 e. The molecule has 2 aliphatic rings. The summed E-state index contributed by atoms with van der Waals surface area (Å²) >= 11 is 0. The predicted octanol–water partition coefficient (Wildman–Crippen LogP) is 2.44. The Hall–Kier alpha value is -2.03. The number of carbonyl (C=O) groups is 2. The second-order valence-corrected chi connectivity index (χ2v) is 8.55. The highest BCUT2D eigenvalue weighted by molar-refractivity contribution is 5.96. The van der Waals surface area contributed by atoms with Gasteiger partial charge in [-0.25, -0.2) is 4.39 Å². The zero-order valence-corrected chi connectivity index (χ0v) is 17.4. The van der Waals surface area contributed by atoms with Gasteiger partial charge < -0.3 is 29.2 Å². The summed E-state index contributed by atoms with van der Waals surface area (Å²) in [5.74, 6) is -1.05. The molecule has 1 amide bonds. The summed E-state index contributed by atoms with van der Waals surface area (Å²) in [6.07, 6.45) is -0.322. The number of ether oxygens (including phenoxy) is 3. The summed E-state index contributed by atoms with van der Waals surface area (Å²) in [5, 5.41) is 2.44. The fourth-order valence-corrected chi connectivity index (χ4v) is 3.73. The average molecular weight is 408 g/mol.